The van der Waals surface area contributed by atoms with Crippen LogP contribution < -0.4 is 5.32 Å². The van der Waals surface area contributed by atoms with Gasteiger partial charge in [0.25, 0.3) is 11.8 Å². The van der Waals surface area contributed by atoms with E-state index in [2.05, 4.69) is 17.2 Å². The molecular weight excluding hydrogens is 629 g/mol. The smallest absolute Gasteiger partial charge is 0.389 e. The SMILES string of the molecule is CC1CCN(C(=O)c2nc(C(=O)NCC(C)(C)O)sc2-c2ccc(S(=O)(=O)N(CC(F)(F)F)C(C)(C)C)c3ccccc23)CC1. The Balaban J connectivity index is 1.88. The minimum absolute atomic E-state index is 0.0205. The van der Waals surface area contributed by atoms with Gasteiger partial charge in [0.15, 0.2) is 5.01 Å². The molecule has 2 heterocycles. The number of sulfonamides is 1. The lowest BCUT2D eigenvalue weighted by Gasteiger charge is -2.35. The number of carbonyl (C=O) groups excluding carboxylic acids is 2. The van der Waals surface area contributed by atoms with Gasteiger partial charge in [-0.25, -0.2) is 13.4 Å². The van der Waals surface area contributed by atoms with Crippen LogP contribution in [0.25, 0.3) is 21.2 Å². The van der Waals surface area contributed by atoms with E-state index in [1.54, 1.807) is 23.1 Å². The van der Waals surface area contributed by atoms with Gasteiger partial charge in [0.1, 0.15) is 12.2 Å². The van der Waals surface area contributed by atoms with Crippen molar-refractivity contribution in [3.8, 4) is 10.4 Å². The number of likely N-dealkylation sites (tertiary alicyclic amines) is 1. The van der Waals surface area contributed by atoms with Gasteiger partial charge in [-0.15, -0.1) is 11.3 Å². The van der Waals surface area contributed by atoms with Crippen molar-refractivity contribution < 1.29 is 36.3 Å². The molecule has 45 heavy (non-hydrogen) atoms. The summed E-state index contributed by atoms with van der Waals surface area (Å²) in [5.74, 6) is -0.513. The number of nitrogens with one attached hydrogen (secondary N) is 1. The van der Waals surface area contributed by atoms with Crippen molar-refractivity contribution >= 4 is 43.9 Å². The molecule has 0 atom stereocenters. The minimum Gasteiger partial charge on any atom is -0.389 e. The Bertz CT molecular complexity index is 1680. The summed E-state index contributed by atoms with van der Waals surface area (Å²) in [5, 5.41) is 13.2. The molecule has 1 aromatic heterocycles. The molecule has 3 aromatic rings. The Hall–Kier alpha value is -3.07. The van der Waals surface area contributed by atoms with Crippen molar-refractivity contribution in [2.45, 2.75) is 76.6 Å². The number of thiazole rings is 1. The second-order valence-corrected chi connectivity index (χ2v) is 16.0. The molecule has 1 aliphatic rings. The lowest BCUT2D eigenvalue weighted by molar-refractivity contribution is -0.142. The lowest BCUT2D eigenvalue weighted by atomic mass is 9.98. The monoisotopic (exact) mass is 668 g/mol. The van der Waals surface area contributed by atoms with Gasteiger partial charge in [-0.05, 0) is 64.8 Å². The third kappa shape index (κ3) is 8.02. The number of nitrogens with zero attached hydrogens (tertiary/aromatic N) is 3. The molecule has 0 bridgehead atoms. The molecule has 4 rings (SSSR count). The highest BCUT2D eigenvalue weighted by Crippen LogP contribution is 2.40. The number of hydrogen-bond acceptors (Lipinski definition) is 7. The number of alkyl halides is 3. The van der Waals surface area contributed by atoms with Crippen LogP contribution in [-0.4, -0.2) is 83.0 Å². The largest absolute Gasteiger partial charge is 0.402 e. The van der Waals surface area contributed by atoms with Gasteiger partial charge in [0, 0.05) is 36.1 Å². The fourth-order valence-corrected chi connectivity index (χ4v) is 8.12. The number of aliphatic hydroxyl groups is 1. The molecule has 1 saturated heterocycles. The number of aromatic nitrogens is 1. The van der Waals surface area contributed by atoms with E-state index in [9.17, 15) is 36.3 Å². The first-order valence-electron chi connectivity index (χ1n) is 14.6. The average Bonchev–Trinajstić information content (AvgIpc) is 3.38. The van der Waals surface area contributed by atoms with E-state index in [-0.39, 0.29) is 33.4 Å². The number of amides is 2. The number of carbonyl (C=O) groups is 2. The predicted octanol–water partition coefficient (Wildman–Crippen LogP) is 5.69. The van der Waals surface area contributed by atoms with Crippen molar-refractivity contribution in [1.82, 2.24) is 19.5 Å². The number of piperidine rings is 1. The van der Waals surface area contributed by atoms with E-state index in [1.807, 2.05) is 0 Å². The molecule has 246 valence electrons. The third-order valence-electron chi connectivity index (χ3n) is 7.54. The first-order chi connectivity index (χ1) is 20.7. The van der Waals surface area contributed by atoms with Crippen LogP contribution in [0.3, 0.4) is 0 Å². The number of halogens is 3. The zero-order valence-electron chi connectivity index (χ0n) is 26.2. The summed E-state index contributed by atoms with van der Waals surface area (Å²) < 4.78 is 68.9. The molecular formula is C31H39F3N4O5S2. The molecule has 0 radical (unpaired) electrons. The van der Waals surface area contributed by atoms with E-state index in [4.69, 9.17) is 0 Å². The van der Waals surface area contributed by atoms with Gasteiger partial charge in [-0.1, -0.05) is 37.3 Å². The summed E-state index contributed by atoms with van der Waals surface area (Å²) >= 11 is 0.950. The van der Waals surface area contributed by atoms with Crippen molar-refractivity contribution in [2.24, 2.45) is 5.92 Å². The summed E-state index contributed by atoms with van der Waals surface area (Å²) in [7, 11) is -4.66. The molecule has 14 heteroatoms. The highest BCUT2D eigenvalue weighted by molar-refractivity contribution is 7.89. The second-order valence-electron chi connectivity index (χ2n) is 13.1. The molecule has 0 unspecified atom stereocenters. The highest BCUT2D eigenvalue weighted by atomic mass is 32.2. The number of rotatable bonds is 8. The molecule has 0 saturated carbocycles. The first kappa shape index (κ1) is 34.8. The van der Waals surface area contributed by atoms with E-state index in [0.29, 0.717) is 39.1 Å². The molecule has 2 aromatic carbocycles. The van der Waals surface area contributed by atoms with Gasteiger partial charge in [0.05, 0.1) is 15.4 Å². The second kappa shape index (κ2) is 12.6. The molecule has 1 fully saturated rings. The lowest BCUT2D eigenvalue weighted by Crippen LogP contribution is -2.49. The maximum Gasteiger partial charge on any atom is 0.402 e. The number of benzene rings is 2. The molecule has 2 N–H and O–H groups in total. The van der Waals surface area contributed by atoms with Gasteiger partial charge in [0.2, 0.25) is 10.0 Å². The Morgan fingerprint density at radius 2 is 1.64 bits per heavy atom. The van der Waals surface area contributed by atoms with Crippen molar-refractivity contribution in [3.63, 3.8) is 0 Å². The Morgan fingerprint density at radius 1 is 1.04 bits per heavy atom. The van der Waals surface area contributed by atoms with Gasteiger partial charge < -0.3 is 15.3 Å². The van der Waals surface area contributed by atoms with E-state index >= 15 is 0 Å². The van der Waals surface area contributed by atoms with Crippen LogP contribution in [0.15, 0.2) is 41.3 Å². The summed E-state index contributed by atoms with van der Waals surface area (Å²) in [5.41, 5.74) is -2.14. The maximum atomic E-state index is 13.9. The Labute approximate surface area is 265 Å². The zero-order valence-corrected chi connectivity index (χ0v) is 27.8. The van der Waals surface area contributed by atoms with Crippen molar-refractivity contribution in [2.75, 3.05) is 26.2 Å². The zero-order chi connectivity index (χ0) is 33.5. The van der Waals surface area contributed by atoms with E-state index < -0.39 is 39.8 Å². The van der Waals surface area contributed by atoms with Crippen LogP contribution in [-0.2, 0) is 10.0 Å². The third-order valence-corrected chi connectivity index (χ3v) is 10.8. The van der Waals surface area contributed by atoms with E-state index in [0.717, 1.165) is 24.2 Å². The van der Waals surface area contributed by atoms with Gasteiger partial charge >= 0.3 is 6.18 Å². The highest BCUT2D eigenvalue weighted by Gasteiger charge is 2.43. The predicted molar refractivity (Wildman–Crippen MR) is 168 cm³/mol. The molecule has 0 spiro atoms. The topological polar surface area (TPSA) is 120 Å². The Kier molecular flexibility index (Phi) is 9.75. The molecule has 0 aliphatic carbocycles. The molecule has 2 amide bonds. The van der Waals surface area contributed by atoms with E-state index in [1.165, 1.54) is 52.8 Å². The van der Waals surface area contributed by atoms with Crippen LogP contribution >= 0.6 is 11.3 Å². The number of fused-ring (bicyclic) bond motifs is 1. The fourth-order valence-electron chi connectivity index (χ4n) is 5.14. The van der Waals surface area contributed by atoms with Crippen LogP contribution in [0, 0.1) is 5.92 Å². The van der Waals surface area contributed by atoms with Gasteiger partial charge in [-0.2, -0.15) is 17.5 Å². The summed E-state index contributed by atoms with van der Waals surface area (Å²) in [6.45, 7) is 8.65. The standard InChI is InChI=1S/C31H39F3N4O5S2/c1-19-13-15-37(16-14-19)28(40)24-25(44-27(36-24)26(39)35-17-30(5,6)41)22-11-12-23(21-10-8-7-9-20(21)22)45(42,43)38(29(2,3)4)18-31(32,33)34/h7-12,19,41H,13-18H2,1-6H3,(H,35,39). The minimum atomic E-state index is -4.78. The average molecular weight is 669 g/mol. The summed E-state index contributed by atoms with van der Waals surface area (Å²) in [6.07, 6.45) is -3.16. The van der Waals surface area contributed by atoms with Crippen LogP contribution in [0.1, 0.15) is 74.7 Å². The maximum absolute atomic E-state index is 13.9. The quantitative estimate of drug-likeness (QED) is 0.319. The van der Waals surface area contributed by atoms with Crippen LogP contribution in [0.5, 0.6) is 0 Å². The Morgan fingerprint density at radius 3 is 2.20 bits per heavy atom. The van der Waals surface area contributed by atoms with Crippen LogP contribution in [0.4, 0.5) is 13.2 Å². The normalized spacial score (nSPS) is 15.6. The summed E-state index contributed by atoms with van der Waals surface area (Å²) in [4.78, 5) is 33.1. The van der Waals surface area contributed by atoms with Gasteiger partial charge in [-0.3, -0.25) is 9.59 Å². The summed E-state index contributed by atoms with van der Waals surface area (Å²) in [6, 6.07) is 9.06. The van der Waals surface area contributed by atoms with Crippen molar-refractivity contribution in [1.29, 1.82) is 0 Å². The fraction of sp³-hybridized carbons (Fsp3) is 0.516. The number of hydrogen-bond donors (Lipinski definition) is 2. The first-order valence-corrected chi connectivity index (χ1v) is 16.9. The van der Waals surface area contributed by atoms with Crippen molar-refractivity contribution in [3.05, 3.63) is 47.1 Å². The molecule has 1 aliphatic heterocycles. The molecule has 9 nitrogen and oxygen atoms in total. The van der Waals surface area contributed by atoms with Crippen LogP contribution in [0.2, 0.25) is 0 Å².